The third kappa shape index (κ3) is 4.11. The molecular weight excluding hydrogens is 427 g/mol. The van der Waals surface area contributed by atoms with E-state index < -0.39 is 11.5 Å². The third-order valence-electron chi connectivity index (χ3n) is 5.37. The number of benzene rings is 2. The lowest BCUT2D eigenvalue weighted by atomic mass is 10.1. The van der Waals surface area contributed by atoms with Crippen molar-refractivity contribution >= 4 is 0 Å². The topological polar surface area (TPSA) is 89.0 Å². The summed E-state index contributed by atoms with van der Waals surface area (Å²) in [7, 11) is 3.33. The Labute approximate surface area is 190 Å². The predicted octanol–water partition coefficient (Wildman–Crippen LogP) is 3.10. The molecule has 0 bridgehead atoms. The molecule has 172 valence electrons. The molecule has 0 unspecified atom stereocenters. The lowest BCUT2D eigenvalue weighted by Gasteiger charge is -2.13. The van der Waals surface area contributed by atoms with Crippen LogP contribution in [-0.2, 0) is 20.7 Å². The van der Waals surface area contributed by atoms with Crippen molar-refractivity contribution in [2.75, 3.05) is 6.61 Å². The Balaban J connectivity index is 1.61. The highest BCUT2D eigenvalue weighted by atomic mass is 19.1. The van der Waals surface area contributed by atoms with Crippen molar-refractivity contribution in [1.82, 2.24) is 29.6 Å². The summed E-state index contributed by atoms with van der Waals surface area (Å²) < 4.78 is 30.1. The summed E-state index contributed by atoms with van der Waals surface area (Å²) in [6.45, 7) is 6.30. The molecule has 0 fully saturated rings. The van der Waals surface area contributed by atoms with E-state index in [9.17, 15) is 9.18 Å². The summed E-state index contributed by atoms with van der Waals surface area (Å²) in [6.07, 6.45) is 0. The highest BCUT2D eigenvalue weighted by molar-refractivity contribution is 5.67. The van der Waals surface area contributed by atoms with Crippen LogP contribution >= 0.6 is 0 Å². The molecule has 0 spiro atoms. The first kappa shape index (κ1) is 22.3. The van der Waals surface area contributed by atoms with E-state index in [0.717, 1.165) is 37.6 Å². The maximum absolute atomic E-state index is 14.6. The summed E-state index contributed by atoms with van der Waals surface area (Å²) in [6, 6.07) is 10.1. The number of tetrazole rings is 1. The van der Waals surface area contributed by atoms with Gasteiger partial charge in [0, 0.05) is 25.2 Å². The Morgan fingerprint density at radius 1 is 1.03 bits per heavy atom. The minimum Gasteiger partial charge on any atom is -0.488 e. The Morgan fingerprint density at radius 2 is 1.82 bits per heavy atom. The van der Waals surface area contributed by atoms with Crippen molar-refractivity contribution in [3.63, 3.8) is 0 Å². The van der Waals surface area contributed by atoms with Crippen molar-refractivity contribution < 1.29 is 13.9 Å². The third-order valence-corrected chi connectivity index (χ3v) is 5.37. The van der Waals surface area contributed by atoms with Gasteiger partial charge in [-0.15, -0.1) is 0 Å². The predicted molar refractivity (Wildman–Crippen MR) is 120 cm³/mol. The van der Waals surface area contributed by atoms with Gasteiger partial charge in [0.15, 0.2) is 0 Å². The molecule has 0 aliphatic carbocycles. The largest absolute Gasteiger partial charge is 0.488 e. The molecule has 33 heavy (non-hydrogen) atoms. The fourth-order valence-corrected chi connectivity index (χ4v) is 3.69. The molecule has 0 aliphatic heterocycles. The van der Waals surface area contributed by atoms with Gasteiger partial charge >= 0.3 is 5.69 Å². The molecule has 0 N–H and O–H groups in total. The van der Waals surface area contributed by atoms with Crippen molar-refractivity contribution in [2.45, 2.75) is 27.4 Å². The first-order valence-electron chi connectivity index (χ1n) is 10.5. The van der Waals surface area contributed by atoms with Crippen LogP contribution in [0.3, 0.4) is 0 Å². The van der Waals surface area contributed by atoms with Gasteiger partial charge in [0.2, 0.25) is 5.88 Å². The fraction of sp³-hybridized carbons (Fsp3) is 0.304. The minimum atomic E-state index is -0.494. The summed E-state index contributed by atoms with van der Waals surface area (Å²) in [5, 5.41) is 12.1. The molecule has 0 aliphatic rings. The monoisotopic (exact) mass is 452 g/mol. The van der Waals surface area contributed by atoms with Crippen LogP contribution in [-0.4, -0.2) is 36.2 Å². The Kier molecular flexibility index (Phi) is 5.99. The molecule has 4 aromatic rings. The average molecular weight is 452 g/mol. The molecule has 10 heteroatoms. The average Bonchev–Trinajstić information content (AvgIpc) is 3.27. The highest BCUT2D eigenvalue weighted by Crippen LogP contribution is 2.32. The van der Waals surface area contributed by atoms with Gasteiger partial charge in [0.1, 0.15) is 18.2 Å². The van der Waals surface area contributed by atoms with E-state index >= 15 is 0 Å². The van der Waals surface area contributed by atoms with E-state index in [1.165, 1.54) is 19.2 Å². The van der Waals surface area contributed by atoms with Crippen LogP contribution in [0.15, 0.2) is 41.2 Å². The van der Waals surface area contributed by atoms with Gasteiger partial charge in [0.05, 0.1) is 23.6 Å². The lowest BCUT2D eigenvalue weighted by Crippen LogP contribution is -2.23. The van der Waals surface area contributed by atoms with Crippen molar-refractivity contribution in [1.29, 1.82) is 0 Å². The first-order valence-corrected chi connectivity index (χ1v) is 10.5. The number of nitrogens with zero attached hydrogens (tertiary/aromatic N) is 6. The maximum Gasteiger partial charge on any atom is 0.368 e. The number of aryl methyl sites for hydroxylation is 3. The van der Waals surface area contributed by atoms with Crippen molar-refractivity contribution in [3.05, 3.63) is 69.4 Å². The SMILES string of the molecule is CCOc1c(C)c(-c2ccc(OCc3c(F)cccc3-n3nnn(C)c3=O)c(C)c2)nn1C. The van der Waals surface area contributed by atoms with Crippen molar-refractivity contribution in [2.24, 2.45) is 14.1 Å². The molecule has 2 aromatic heterocycles. The van der Waals surface area contributed by atoms with E-state index in [4.69, 9.17) is 9.47 Å². The second-order valence-electron chi connectivity index (χ2n) is 7.64. The zero-order valence-corrected chi connectivity index (χ0v) is 19.2. The van der Waals surface area contributed by atoms with Crippen LogP contribution < -0.4 is 15.2 Å². The molecule has 0 amide bonds. The molecule has 0 saturated carbocycles. The van der Waals surface area contributed by atoms with Crippen LogP contribution in [0.2, 0.25) is 0 Å². The fourth-order valence-electron chi connectivity index (χ4n) is 3.69. The van der Waals surface area contributed by atoms with E-state index in [1.54, 1.807) is 10.7 Å². The van der Waals surface area contributed by atoms with Crippen LogP contribution in [0, 0.1) is 19.7 Å². The Hall–Kier alpha value is -3.95. The number of ether oxygens (including phenoxy) is 2. The standard InChI is InChI=1S/C23H25FN6O3/c1-6-32-22-15(3)21(25-28(22)4)16-10-11-20(14(2)12-16)33-13-17-18(24)8-7-9-19(17)30-23(31)29(5)26-27-30/h7-12H,6,13H2,1-5H3. The normalized spacial score (nSPS) is 11.1. The minimum absolute atomic E-state index is 0.0810. The number of hydrogen-bond donors (Lipinski definition) is 0. The van der Waals surface area contributed by atoms with Gasteiger partial charge in [-0.3, -0.25) is 0 Å². The first-order chi connectivity index (χ1) is 15.8. The molecule has 4 rings (SSSR count). The number of halogens is 1. The number of hydrogen-bond acceptors (Lipinski definition) is 6. The number of aromatic nitrogens is 6. The molecule has 2 heterocycles. The molecule has 2 aromatic carbocycles. The van der Waals surface area contributed by atoms with E-state index in [0.29, 0.717) is 12.4 Å². The van der Waals surface area contributed by atoms with E-state index in [2.05, 4.69) is 15.5 Å². The van der Waals surface area contributed by atoms with E-state index in [1.807, 2.05) is 46.0 Å². The zero-order valence-electron chi connectivity index (χ0n) is 19.2. The van der Waals surface area contributed by atoms with Gasteiger partial charge in [-0.25, -0.2) is 13.9 Å². The van der Waals surface area contributed by atoms with Gasteiger partial charge in [-0.05, 0) is 67.1 Å². The summed E-state index contributed by atoms with van der Waals surface area (Å²) in [4.78, 5) is 12.2. The molecule has 0 saturated heterocycles. The van der Waals surface area contributed by atoms with Crippen LogP contribution in [0.1, 0.15) is 23.6 Å². The van der Waals surface area contributed by atoms with Crippen molar-refractivity contribution in [3.8, 4) is 28.6 Å². The quantitative estimate of drug-likeness (QED) is 0.428. The summed E-state index contributed by atoms with van der Waals surface area (Å²) in [5.41, 5.74) is 3.61. The van der Waals surface area contributed by atoms with Gasteiger partial charge < -0.3 is 9.47 Å². The highest BCUT2D eigenvalue weighted by Gasteiger charge is 2.18. The smallest absolute Gasteiger partial charge is 0.368 e. The van der Waals surface area contributed by atoms with Crippen LogP contribution in [0.4, 0.5) is 4.39 Å². The Morgan fingerprint density at radius 3 is 2.48 bits per heavy atom. The molecule has 0 atom stereocenters. The summed E-state index contributed by atoms with van der Waals surface area (Å²) >= 11 is 0. The van der Waals surface area contributed by atoms with Gasteiger partial charge in [-0.1, -0.05) is 6.07 Å². The van der Waals surface area contributed by atoms with Crippen LogP contribution in [0.25, 0.3) is 16.9 Å². The van der Waals surface area contributed by atoms with Gasteiger partial charge in [0.25, 0.3) is 0 Å². The van der Waals surface area contributed by atoms with Gasteiger partial charge in [-0.2, -0.15) is 14.5 Å². The molecular formula is C23H25FN6O3. The molecule has 9 nitrogen and oxygen atoms in total. The molecule has 0 radical (unpaired) electrons. The summed E-state index contributed by atoms with van der Waals surface area (Å²) in [5.74, 6) is 0.835. The number of rotatable bonds is 7. The zero-order chi connectivity index (χ0) is 23.7. The van der Waals surface area contributed by atoms with E-state index in [-0.39, 0.29) is 17.9 Å². The lowest BCUT2D eigenvalue weighted by molar-refractivity contribution is 0.297. The Bertz CT molecular complexity index is 1370. The maximum atomic E-state index is 14.6. The second kappa shape index (κ2) is 8.89. The second-order valence-corrected chi connectivity index (χ2v) is 7.64. The van der Waals surface area contributed by atoms with Crippen LogP contribution in [0.5, 0.6) is 11.6 Å².